The number of nitrogens with zero attached hydrogens (tertiary/aromatic N) is 1. The second-order valence-corrected chi connectivity index (χ2v) is 6.12. The Labute approximate surface area is 134 Å². The number of carbonyl (C=O) groups is 1. The molecule has 1 aromatic heterocycles. The van der Waals surface area contributed by atoms with Gasteiger partial charge in [-0.05, 0) is 52.8 Å². The molecule has 2 rings (SSSR count). The Bertz CT molecular complexity index is 625. The van der Waals surface area contributed by atoms with Crippen molar-refractivity contribution in [2.45, 2.75) is 13.0 Å². The first-order chi connectivity index (χ1) is 8.97. The van der Waals surface area contributed by atoms with Gasteiger partial charge >= 0.3 is 5.97 Å². The molecule has 0 saturated heterocycles. The van der Waals surface area contributed by atoms with Crippen LogP contribution in [0.2, 0.25) is 10.0 Å². The highest BCUT2D eigenvalue weighted by atomic mass is 127. The summed E-state index contributed by atoms with van der Waals surface area (Å²) in [6, 6.07) is 6.97. The third kappa shape index (κ3) is 3.64. The van der Waals surface area contributed by atoms with E-state index in [4.69, 9.17) is 28.3 Å². The number of aryl methyl sites for hydroxylation is 2. The first-order valence-electron chi connectivity index (χ1n) is 5.50. The fourth-order valence-corrected chi connectivity index (χ4v) is 2.94. The SMILES string of the molecule is O=C(O)c1cc(I)cn1CCc1ccc(Cl)cc1Cl. The molecule has 0 radical (unpaired) electrons. The van der Waals surface area contributed by atoms with E-state index in [1.165, 1.54) is 0 Å². The van der Waals surface area contributed by atoms with Gasteiger partial charge in [0, 0.05) is 26.4 Å². The van der Waals surface area contributed by atoms with E-state index >= 15 is 0 Å². The minimum atomic E-state index is -0.926. The van der Waals surface area contributed by atoms with Crippen LogP contribution in [0.3, 0.4) is 0 Å². The first-order valence-corrected chi connectivity index (χ1v) is 7.34. The van der Waals surface area contributed by atoms with Crippen molar-refractivity contribution in [3.05, 3.63) is 55.3 Å². The molecule has 3 nitrogen and oxygen atoms in total. The summed E-state index contributed by atoms with van der Waals surface area (Å²) in [5, 5.41) is 10.3. The van der Waals surface area contributed by atoms with Gasteiger partial charge in [-0.15, -0.1) is 0 Å². The van der Waals surface area contributed by atoms with E-state index in [-0.39, 0.29) is 5.69 Å². The fourth-order valence-electron chi connectivity index (χ4n) is 1.80. The predicted octanol–water partition coefficient (Wildman–Crippen LogP) is 4.34. The van der Waals surface area contributed by atoms with Gasteiger partial charge in [0.2, 0.25) is 0 Å². The molecule has 0 spiro atoms. The number of benzene rings is 1. The van der Waals surface area contributed by atoms with Crippen molar-refractivity contribution in [2.24, 2.45) is 0 Å². The second kappa shape index (κ2) is 6.15. The molecule has 0 amide bonds. The normalized spacial score (nSPS) is 10.7. The molecule has 0 fully saturated rings. The van der Waals surface area contributed by atoms with Crippen LogP contribution in [0.1, 0.15) is 16.1 Å². The number of aromatic carboxylic acids is 1. The zero-order valence-corrected chi connectivity index (χ0v) is 13.4. The molecule has 0 aliphatic heterocycles. The van der Waals surface area contributed by atoms with E-state index in [1.54, 1.807) is 22.8 Å². The number of carboxylic acid groups (broad SMARTS) is 1. The van der Waals surface area contributed by atoms with Crippen LogP contribution < -0.4 is 0 Å². The Kier molecular flexibility index (Phi) is 4.76. The fraction of sp³-hybridized carbons (Fsp3) is 0.154. The lowest BCUT2D eigenvalue weighted by molar-refractivity contribution is 0.0685. The standard InChI is InChI=1S/C13H10Cl2INO2/c14-9-2-1-8(11(15)5-9)3-4-17-7-10(16)6-12(17)13(18)19/h1-2,5-7H,3-4H2,(H,18,19). The smallest absolute Gasteiger partial charge is 0.352 e. The molecule has 0 bridgehead atoms. The second-order valence-electron chi connectivity index (χ2n) is 4.03. The maximum atomic E-state index is 11.1. The zero-order valence-electron chi connectivity index (χ0n) is 9.74. The third-order valence-electron chi connectivity index (χ3n) is 2.72. The van der Waals surface area contributed by atoms with Gasteiger partial charge in [0.15, 0.2) is 0 Å². The van der Waals surface area contributed by atoms with Gasteiger partial charge in [-0.25, -0.2) is 4.79 Å². The van der Waals surface area contributed by atoms with Crippen molar-refractivity contribution < 1.29 is 9.90 Å². The molecular formula is C13H10Cl2INO2. The highest BCUT2D eigenvalue weighted by molar-refractivity contribution is 14.1. The molecule has 1 aromatic carbocycles. The summed E-state index contributed by atoms with van der Waals surface area (Å²) in [5.41, 5.74) is 1.24. The van der Waals surface area contributed by atoms with Gasteiger partial charge < -0.3 is 9.67 Å². The number of hydrogen-bond acceptors (Lipinski definition) is 1. The van der Waals surface area contributed by atoms with E-state index in [1.807, 2.05) is 12.3 Å². The molecule has 0 unspecified atom stereocenters. The molecule has 0 atom stereocenters. The van der Waals surface area contributed by atoms with Crippen LogP contribution in [0, 0.1) is 3.57 Å². The summed E-state index contributed by atoms with van der Waals surface area (Å²) in [4.78, 5) is 11.1. The summed E-state index contributed by atoms with van der Waals surface area (Å²) >= 11 is 14.0. The van der Waals surface area contributed by atoms with E-state index in [9.17, 15) is 4.79 Å². The third-order valence-corrected chi connectivity index (χ3v) is 3.90. The van der Waals surface area contributed by atoms with Crippen molar-refractivity contribution in [2.75, 3.05) is 0 Å². The van der Waals surface area contributed by atoms with Crippen LogP contribution in [-0.2, 0) is 13.0 Å². The monoisotopic (exact) mass is 409 g/mol. The minimum Gasteiger partial charge on any atom is -0.477 e. The Balaban J connectivity index is 2.16. The van der Waals surface area contributed by atoms with E-state index in [2.05, 4.69) is 22.6 Å². The van der Waals surface area contributed by atoms with Crippen LogP contribution in [0.5, 0.6) is 0 Å². The van der Waals surface area contributed by atoms with E-state index in [0.717, 1.165) is 9.13 Å². The first kappa shape index (κ1) is 14.7. The van der Waals surface area contributed by atoms with Crippen molar-refractivity contribution >= 4 is 51.8 Å². The molecule has 0 aliphatic carbocycles. The van der Waals surface area contributed by atoms with E-state index in [0.29, 0.717) is 23.0 Å². The van der Waals surface area contributed by atoms with Gasteiger partial charge in [0.05, 0.1) is 0 Å². The van der Waals surface area contributed by atoms with E-state index < -0.39 is 5.97 Å². The number of rotatable bonds is 4. The van der Waals surface area contributed by atoms with Crippen LogP contribution in [0.4, 0.5) is 0 Å². The van der Waals surface area contributed by atoms with Crippen LogP contribution in [0.25, 0.3) is 0 Å². The van der Waals surface area contributed by atoms with Crippen molar-refractivity contribution in [3.8, 4) is 0 Å². The maximum Gasteiger partial charge on any atom is 0.352 e. The molecule has 0 saturated carbocycles. The van der Waals surface area contributed by atoms with Crippen molar-refractivity contribution in [1.82, 2.24) is 4.57 Å². The predicted molar refractivity (Wildman–Crippen MR) is 84.3 cm³/mol. The van der Waals surface area contributed by atoms with Crippen molar-refractivity contribution in [1.29, 1.82) is 0 Å². The molecule has 1 heterocycles. The molecule has 1 N–H and O–H groups in total. The Morgan fingerprint density at radius 3 is 2.68 bits per heavy atom. The largest absolute Gasteiger partial charge is 0.477 e. The average molecular weight is 410 g/mol. The van der Waals surface area contributed by atoms with Gasteiger partial charge in [0.25, 0.3) is 0 Å². The Morgan fingerprint density at radius 2 is 2.05 bits per heavy atom. The molecule has 19 heavy (non-hydrogen) atoms. The summed E-state index contributed by atoms with van der Waals surface area (Å²) in [5.74, 6) is -0.926. The summed E-state index contributed by atoms with van der Waals surface area (Å²) in [7, 11) is 0. The highest BCUT2D eigenvalue weighted by Crippen LogP contribution is 2.22. The quantitative estimate of drug-likeness (QED) is 0.763. The molecule has 100 valence electrons. The number of hydrogen-bond donors (Lipinski definition) is 1. The average Bonchev–Trinajstić information content (AvgIpc) is 2.69. The Morgan fingerprint density at radius 1 is 1.32 bits per heavy atom. The highest BCUT2D eigenvalue weighted by Gasteiger charge is 2.11. The minimum absolute atomic E-state index is 0.287. The molecule has 6 heteroatoms. The lowest BCUT2D eigenvalue weighted by Crippen LogP contribution is -2.09. The number of halogens is 3. The number of aromatic nitrogens is 1. The van der Waals surface area contributed by atoms with Gasteiger partial charge in [-0.3, -0.25) is 0 Å². The molecule has 2 aromatic rings. The van der Waals surface area contributed by atoms with Gasteiger partial charge in [-0.1, -0.05) is 29.3 Å². The van der Waals surface area contributed by atoms with Crippen molar-refractivity contribution in [3.63, 3.8) is 0 Å². The van der Waals surface area contributed by atoms with Crippen LogP contribution in [0.15, 0.2) is 30.5 Å². The van der Waals surface area contributed by atoms with Crippen LogP contribution in [-0.4, -0.2) is 15.6 Å². The Hall–Kier alpha value is -0.720. The number of carboxylic acids is 1. The summed E-state index contributed by atoms with van der Waals surface area (Å²) in [6.07, 6.45) is 2.47. The van der Waals surface area contributed by atoms with Crippen LogP contribution >= 0.6 is 45.8 Å². The van der Waals surface area contributed by atoms with Gasteiger partial charge in [0.1, 0.15) is 5.69 Å². The molecule has 0 aliphatic rings. The zero-order chi connectivity index (χ0) is 14.0. The molecular weight excluding hydrogens is 400 g/mol. The van der Waals surface area contributed by atoms with Gasteiger partial charge in [-0.2, -0.15) is 0 Å². The summed E-state index contributed by atoms with van der Waals surface area (Å²) < 4.78 is 2.62. The lowest BCUT2D eigenvalue weighted by Gasteiger charge is -2.08. The summed E-state index contributed by atoms with van der Waals surface area (Å²) in [6.45, 7) is 0.561. The topological polar surface area (TPSA) is 42.2 Å². The lowest BCUT2D eigenvalue weighted by atomic mass is 10.1. The maximum absolute atomic E-state index is 11.1.